The number of aryl methyl sites for hydroxylation is 1. The van der Waals surface area contributed by atoms with Crippen molar-refractivity contribution >= 4 is 11.6 Å². The number of anilines is 2. The molecule has 0 saturated heterocycles. The number of ether oxygens (including phenoxy) is 1. The lowest BCUT2D eigenvalue weighted by atomic mass is 10.1. The minimum absolute atomic E-state index is 0.0458. The second-order valence-corrected chi connectivity index (χ2v) is 7.45. The van der Waals surface area contributed by atoms with E-state index in [4.69, 9.17) is 9.72 Å². The summed E-state index contributed by atoms with van der Waals surface area (Å²) in [6.07, 6.45) is 0.535. The van der Waals surface area contributed by atoms with Crippen molar-refractivity contribution in [3.8, 4) is 0 Å². The number of hydrogen-bond acceptors (Lipinski definition) is 5. The van der Waals surface area contributed by atoms with Gasteiger partial charge in [0.25, 0.3) is 5.56 Å². The van der Waals surface area contributed by atoms with E-state index >= 15 is 0 Å². The Hall–Kier alpha value is -3.03. The quantitative estimate of drug-likeness (QED) is 0.627. The standard InChI is InChI=1S/C23H25FN4O2/c1-17-21(14-18-6-4-3-5-7-18)22(29)28-16-26(12-13-30-2)15-27(23(28)25-17)20-10-8-19(24)9-11-20/h3-11H,12-16H2,1-2H3. The SMILES string of the molecule is COCCN1CN(c2ccc(F)cc2)c2nc(C)c(Cc3ccccc3)c(=O)n2C1. The van der Waals surface area contributed by atoms with Gasteiger partial charge in [-0.1, -0.05) is 30.3 Å². The molecule has 0 amide bonds. The Labute approximate surface area is 175 Å². The van der Waals surface area contributed by atoms with Crippen molar-refractivity contribution < 1.29 is 9.13 Å². The van der Waals surface area contributed by atoms with Gasteiger partial charge in [0.15, 0.2) is 0 Å². The van der Waals surface area contributed by atoms with Gasteiger partial charge < -0.3 is 4.74 Å². The van der Waals surface area contributed by atoms with Crippen LogP contribution in [-0.4, -0.2) is 41.4 Å². The molecule has 2 heterocycles. The van der Waals surface area contributed by atoms with Gasteiger partial charge in [0.2, 0.25) is 5.95 Å². The largest absolute Gasteiger partial charge is 0.383 e. The van der Waals surface area contributed by atoms with E-state index in [9.17, 15) is 9.18 Å². The predicted octanol–water partition coefficient (Wildman–Crippen LogP) is 3.30. The van der Waals surface area contributed by atoms with Crippen LogP contribution in [0.3, 0.4) is 0 Å². The lowest BCUT2D eigenvalue weighted by molar-refractivity contribution is 0.121. The van der Waals surface area contributed by atoms with Crippen molar-refractivity contribution in [1.82, 2.24) is 14.5 Å². The molecular formula is C23H25FN4O2. The lowest BCUT2D eigenvalue weighted by Crippen LogP contribution is -2.48. The molecule has 0 unspecified atom stereocenters. The van der Waals surface area contributed by atoms with Gasteiger partial charge in [0.1, 0.15) is 5.82 Å². The zero-order valence-corrected chi connectivity index (χ0v) is 17.2. The molecule has 7 heteroatoms. The van der Waals surface area contributed by atoms with Gasteiger partial charge in [-0.05, 0) is 36.8 Å². The summed E-state index contributed by atoms with van der Waals surface area (Å²) in [4.78, 5) is 22.3. The van der Waals surface area contributed by atoms with Crippen LogP contribution in [0.25, 0.3) is 0 Å². The number of nitrogens with zero attached hydrogens (tertiary/aromatic N) is 4. The normalized spacial score (nSPS) is 14.0. The van der Waals surface area contributed by atoms with Crippen LogP contribution in [0.5, 0.6) is 0 Å². The summed E-state index contributed by atoms with van der Waals surface area (Å²) in [7, 11) is 1.66. The van der Waals surface area contributed by atoms with Crippen LogP contribution < -0.4 is 10.5 Å². The average Bonchev–Trinajstić information content (AvgIpc) is 2.76. The predicted molar refractivity (Wildman–Crippen MR) is 114 cm³/mol. The molecule has 0 radical (unpaired) electrons. The van der Waals surface area contributed by atoms with E-state index in [1.165, 1.54) is 12.1 Å². The smallest absolute Gasteiger partial charge is 0.259 e. The van der Waals surface area contributed by atoms with Gasteiger partial charge in [-0.15, -0.1) is 0 Å². The second kappa shape index (κ2) is 8.77. The van der Waals surface area contributed by atoms with Crippen LogP contribution >= 0.6 is 0 Å². The van der Waals surface area contributed by atoms with Crippen molar-refractivity contribution in [2.75, 3.05) is 31.8 Å². The molecule has 0 N–H and O–H groups in total. The highest BCUT2D eigenvalue weighted by Gasteiger charge is 2.27. The highest BCUT2D eigenvalue weighted by Crippen LogP contribution is 2.28. The number of methoxy groups -OCH3 is 1. The molecule has 2 aromatic carbocycles. The Balaban J connectivity index is 1.77. The van der Waals surface area contributed by atoms with Gasteiger partial charge in [-0.3, -0.25) is 19.2 Å². The van der Waals surface area contributed by atoms with E-state index in [1.54, 1.807) is 23.8 Å². The monoisotopic (exact) mass is 408 g/mol. The summed E-state index contributed by atoms with van der Waals surface area (Å²) >= 11 is 0. The number of benzene rings is 2. The van der Waals surface area contributed by atoms with Crippen LogP contribution in [0, 0.1) is 12.7 Å². The molecule has 1 aliphatic heterocycles. The first-order chi connectivity index (χ1) is 14.6. The molecule has 156 valence electrons. The van der Waals surface area contributed by atoms with Crippen molar-refractivity contribution in [3.05, 3.63) is 87.6 Å². The zero-order valence-electron chi connectivity index (χ0n) is 17.2. The first-order valence-corrected chi connectivity index (χ1v) is 9.95. The van der Waals surface area contributed by atoms with Gasteiger partial charge in [0, 0.05) is 31.3 Å². The minimum atomic E-state index is -0.299. The number of rotatable bonds is 6. The second-order valence-electron chi connectivity index (χ2n) is 7.45. The number of fused-ring (bicyclic) bond motifs is 1. The van der Waals surface area contributed by atoms with Crippen molar-refractivity contribution in [2.24, 2.45) is 0 Å². The fourth-order valence-electron chi connectivity index (χ4n) is 3.71. The summed E-state index contributed by atoms with van der Waals surface area (Å²) in [6, 6.07) is 16.2. The summed E-state index contributed by atoms with van der Waals surface area (Å²) < 4.78 is 20.4. The maximum Gasteiger partial charge on any atom is 0.259 e. The summed E-state index contributed by atoms with van der Waals surface area (Å²) in [5, 5.41) is 0. The summed E-state index contributed by atoms with van der Waals surface area (Å²) in [5.74, 6) is 0.279. The van der Waals surface area contributed by atoms with Crippen LogP contribution in [0.15, 0.2) is 59.4 Å². The number of halogens is 1. The number of aromatic nitrogens is 2. The molecule has 0 spiro atoms. The topological polar surface area (TPSA) is 50.6 Å². The highest BCUT2D eigenvalue weighted by atomic mass is 19.1. The Bertz CT molecular complexity index is 1070. The number of hydrogen-bond donors (Lipinski definition) is 0. The third-order valence-electron chi connectivity index (χ3n) is 5.35. The van der Waals surface area contributed by atoms with Crippen LogP contribution in [0.4, 0.5) is 16.0 Å². The first-order valence-electron chi connectivity index (χ1n) is 9.95. The third-order valence-corrected chi connectivity index (χ3v) is 5.35. The molecule has 0 aliphatic carbocycles. The van der Waals surface area contributed by atoms with E-state index in [-0.39, 0.29) is 11.4 Å². The molecule has 0 bridgehead atoms. The molecule has 1 aromatic heterocycles. The van der Waals surface area contributed by atoms with Crippen LogP contribution in [0.1, 0.15) is 16.8 Å². The van der Waals surface area contributed by atoms with Gasteiger partial charge >= 0.3 is 0 Å². The molecule has 1 aliphatic rings. The van der Waals surface area contributed by atoms with Gasteiger partial charge in [-0.2, -0.15) is 0 Å². The summed E-state index contributed by atoms with van der Waals surface area (Å²) in [5.41, 5.74) is 3.22. The minimum Gasteiger partial charge on any atom is -0.383 e. The molecular weight excluding hydrogens is 383 g/mol. The zero-order chi connectivity index (χ0) is 21.1. The maximum atomic E-state index is 13.5. The van der Waals surface area contributed by atoms with E-state index < -0.39 is 0 Å². The molecule has 30 heavy (non-hydrogen) atoms. The van der Waals surface area contributed by atoms with E-state index in [1.807, 2.05) is 42.2 Å². The fraction of sp³-hybridized carbons (Fsp3) is 0.304. The third kappa shape index (κ3) is 4.13. The highest BCUT2D eigenvalue weighted by molar-refractivity contribution is 5.58. The molecule has 0 saturated carbocycles. The van der Waals surface area contributed by atoms with E-state index in [0.29, 0.717) is 50.1 Å². The summed E-state index contributed by atoms with van der Waals surface area (Å²) in [6.45, 7) is 4.07. The average molecular weight is 408 g/mol. The Morgan fingerprint density at radius 3 is 2.50 bits per heavy atom. The van der Waals surface area contributed by atoms with Gasteiger partial charge in [-0.25, -0.2) is 9.37 Å². The lowest BCUT2D eigenvalue weighted by Gasteiger charge is -2.38. The molecule has 0 fully saturated rings. The fourth-order valence-corrected chi connectivity index (χ4v) is 3.71. The van der Waals surface area contributed by atoms with Gasteiger partial charge in [0.05, 0.1) is 25.6 Å². The molecule has 0 atom stereocenters. The van der Waals surface area contributed by atoms with Crippen molar-refractivity contribution in [3.63, 3.8) is 0 Å². The first kappa shape index (κ1) is 20.3. The van der Waals surface area contributed by atoms with E-state index in [2.05, 4.69) is 4.90 Å². The van der Waals surface area contributed by atoms with E-state index in [0.717, 1.165) is 11.3 Å². The maximum absolute atomic E-state index is 13.5. The Morgan fingerprint density at radius 2 is 1.80 bits per heavy atom. The molecule has 3 aromatic rings. The van der Waals surface area contributed by atoms with Crippen molar-refractivity contribution in [1.29, 1.82) is 0 Å². The Morgan fingerprint density at radius 1 is 1.07 bits per heavy atom. The van der Waals surface area contributed by atoms with Crippen molar-refractivity contribution in [2.45, 2.75) is 20.0 Å². The Kier molecular flexibility index (Phi) is 5.92. The molecule has 4 rings (SSSR count). The van der Waals surface area contributed by atoms with Crippen LogP contribution in [-0.2, 0) is 17.8 Å². The molecule has 6 nitrogen and oxygen atoms in total. The van der Waals surface area contributed by atoms with Crippen LogP contribution in [0.2, 0.25) is 0 Å².